The molecule has 3 rings (SSSR count). The summed E-state index contributed by atoms with van der Waals surface area (Å²) >= 11 is 9.18. The Balaban J connectivity index is 2.51. The zero-order valence-electron chi connectivity index (χ0n) is 7.33. The number of thiophene rings is 3. The van der Waals surface area contributed by atoms with E-state index < -0.39 is 0 Å². The van der Waals surface area contributed by atoms with Crippen LogP contribution in [0.1, 0.15) is 0 Å². The Hall–Kier alpha value is 0.165. The fourth-order valence-corrected chi connectivity index (χ4v) is 6.20. The normalized spacial score (nSPS) is 11.6. The lowest BCUT2D eigenvalue weighted by molar-refractivity contribution is 2.09. The molecule has 0 aliphatic rings. The SMILES string of the molecule is C[B]c1csc2c1sc1c(Br)csc12. The predicted molar refractivity (Wildman–Crippen MR) is 74.0 cm³/mol. The summed E-state index contributed by atoms with van der Waals surface area (Å²) in [5.41, 5.74) is 1.38. The number of halogens is 1. The smallest absolute Gasteiger partial charge is 0.142 e. The van der Waals surface area contributed by atoms with E-state index in [9.17, 15) is 0 Å². The largest absolute Gasteiger partial charge is 0.151 e. The molecule has 0 bridgehead atoms. The van der Waals surface area contributed by atoms with Gasteiger partial charge in [0, 0.05) is 14.6 Å². The van der Waals surface area contributed by atoms with Crippen LogP contribution in [0.25, 0.3) is 18.8 Å². The molecule has 0 N–H and O–H groups in total. The van der Waals surface area contributed by atoms with Gasteiger partial charge in [0.25, 0.3) is 0 Å². The average molecular weight is 300 g/mol. The van der Waals surface area contributed by atoms with Crippen molar-refractivity contribution < 1.29 is 0 Å². The van der Waals surface area contributed by atoms with E-state index in [0.717, 1.165) is 0 Å². The molecule has 0 aromatic carbocycles. The van der Waals surface area contributed by atoms with Gasteiger partial charge in [-0.3, -0.25) is 0 Å². The second-order valence-electron chi connectivity index (χ2n) is 2.98. The van der Waals surface area contributed by atoms with Gasteiger partial charge in [0.05, 0.1) is 14.1 Å². The van der Waals surface area contributed by atoms with Crippen LogP contribution in [-0.4, -0.2) is 7.28 Å². The van der Waals surface area contributed by atoms with Crippen molar-refractivity contribution in [3.63, 3.8) is 0 Å². The maximum absolute atomic E-state index is 3.59. The van der Waals surface area contributed by atoms with Crippen LogP contribution in [0.15, 0.2) is 15.2 Å². The maximum atomic E-state index is 3.59. The molecule has 0 saturated heterocycles. The fraction of sp³-hybridized carbons (Fsp3) is 0.111. The molecular weight excluding hydrogens is 295 g/mol. The molecule has 69 valence electrons. The van der Waals surface area contributed by atoms with Crippen LogP contribution in [0.5, 0.6) is 0 Å². The van der Waals surface area contributed by atoms with E-state index in [1.54, 1.807) is 0 Å². The second-order valence-corrected chi connectivity index (χ2v) is 6.62. The lowest BCUT2D eigenvalue weighted by atomic mass is 9.75. The van der Waals surface area contributed by atoms with Gasteiger partial charge in [0.15, 0.2) is 7.28 Å². The molecule has 0 nitrogen and oxygen atoms in total. The van der Waals surface area contributed by atoms with Crippen molar-refractivity contribution >= 4 is 81.5 Å². The minimum Gasteiger partial charge on any atom is -0.142 e. The minimum absolute atomic E-state index is 1.24. The summed E-state index contributed by atoms with van der Waals surface area (Å²) in [6.07, 6.45) is 0. The Labute approximate surface area is 103 Å². The molecule has 0 fully saturated rings. The Morgan fingerprint density at radius 3 is 2.57 bits per heavy atom. The lowest BCUT2D eigenvalue weighted by Gasteiger charge is -1.84. The number of rotatable bonds is 1. The van der Waals surface area contributed by atoms with Crippen molar-refractivity contribution in [3.05, 3.63) is 15.2 Å². The highest BCUT2D eigenvalue weighted by atomic mass is 79.9. The number of fused-ring (bicyclic) bond motifs is 3. The highest BCUT2D eigenvalue weighted by Crippen LogP contribution is 2.43. The van der Waals surface area contributed by atoms with Gasteiger partial charge in [-0.15, -0.1) is 34.0 Å². The van der Waals surface area contributed by atoms with Crippen LogP contribution in [-0.2, 0) is 0 Å². The standard InChI is InChI=1S/C9H5BBrS3/c1-10-4-2-12-8-6(4)14-7-5(11)3-13-9(7)8/h2-3H,1H3. The zero-order valence-corrected chi connectivity index (χ0v) is 11.4. The van der Waals surface area contributed by atoms with E-state index in [2.05, 4.69) is 40.8 Å². The van der Waals surface area contributed by atoms with Crippen LogP contribution in [0, 0.1) is 0 Å². The Kier molecular flexibility index (Phi) is 2.24. The van der Waals surface area contributed by atoms with Crippen molar-refractivity contribution in [2.24, 2.45) is 0 Å². The highest BCUT2D eigenvalue weighted by Gasteiger charge is 2.13. The topological polar surface area (TPSA) is 0 Å². The first-order valence-corrected chi connectivity index (χ1v) is 7.54. The maximum Gasteiger partial charge on any atom is 0.151 e. The van der Waals surface area contributed by atoms with E-state index in [1.807, 2.05) is 34.0 Å². The van der Waals surface area contributed by atoms with E-state index in [0.29, 0.717) is 0 Å². The predicted octanol–water partition coefficient (Wildman–Crippen LogP) is 4.32. The van der Waals surface area contributed by atoms with E-state index in [4.69, 9.17) is 0 Å². The van der Waals surface area contributed by atoms with Crippen LogP contribution in [0.2, 0.25) is 6.82 Å². The van der Waals surface area contributed by atoms with Gasteiger partial charge < -0.3 is 0 Å². The summed E-state index contributed by atoms with van der Waals surface area (Å²) in [5, 5.41) is 4.42. The summed E-state index contributed by atoms with van der Waals surface area (Å²) in [6.45, 7) is 2.10. The molecule has 0 amide bonds. The van der Waals surface area contributed by atoms with E-state index in [1.165, 1.54) is 28.7 Å². The van der Waals surface area contributed by atoms with Crippen molar-refractivity contribution in [3.8, 4) is 0 Å². The van der Waals surface area contributed by atoms with Crippen molar-refractivity contribution in [1.82, 2.24) is 0 Å². The first-order chi connectivity index (χ1) is 6.81. The fourth-order valence-electron chi connectivity index (χ4n) is 1.50. The van der Waals surface area contributed by atoms with Crippen LogP contribution in [0.4, 0.5) is 0 Å². The summed E-state index contributed by atoms with van der Waals surface area (Å²) in [4.78, 5) is 0. The highest BCUT2D eigenvalue weighted by molar-refractivity contribution is 9.10. The monoisotopic (exact) mass is 299 g/mol. The number of hydrogen-bond donors (Lipinski definition) is 0. The van der Waals surface area contributed by atoms with Gasteiger partial charge in [-0.1, -0.05) is 12.3 Å². The van der Waals surface area contributed by atoms with E-state index in [-0.39, 0.29) is 0 Å². The minimum atomic E-state index is 1.24. The third kappa shape index (κ3) is 1.16. The molecule has 0 spiro atoms. The molecular formula is C9H5BBrS3. The summed E-state index contributed by atoms with van der Waals surface area (Å²) in [6, 6.07) is 0. The van der Waals surface area contributed by atoms with Gasteiger partial charge in [0.1, 0.15) is 0 Å². The lowest BCUT2D eigenvalue weighted by Crippen LogP contribution is -2.05. The molecule has 0 aliphatic carbocycles. The third-order valence-electron chi connectivity index (χ3n) is 2.20. The average Bonchev–Trinajstić information content (AvgIpc) is 2.78. The van der Waals surface area contributed by atoms with Gasteiger partial charge in [-0.25, -0.2) is 0 Å². The van der Waals surface area contributed by atoms with Crippen molar-refractivity contribution in [2.45, 2.75) is 6.82 Å². The van der Waals surface area contributed by atoms with Gasteiger partial charge in [-0.05, 0) is 21.3 Å². The van der Waals surface area contributed by atoms with Crippen molar-refractivity contribution in [1.29, 1.82) is 0 Å². The van der Waals surface area contributed by atoms with E-state index >= 15 is 0 Å². The first kappa shape index (κ1) is 9.40. The van der Waals surface area contributed by atoms with Crippen LogP contribution >= 0.6 is 49.9 Å². The molecule has 14 heavy (non-hydrogen) atoms. The summed E-state index contributed by atoms with van der Waals surface area (Å²) < 4.78 is 6.98. The van der Waals surface area contributed by atoms with Gasteiger partial charge in [-0.2, -0.15) is 0 Å². The summed E-state index contributed by atoms with van der Waals surface area (Å²) in [7, 11) is 2.19. The molecule has 0 saturated carbocycles. The Morgan fingerprint density at radius 1 is 1.07 bits per heavy atom. The van der Waals surface area contributed by atoms with Crippen molar-refractivity contribution in [2.75, 3.05) is 0 Å². The Bertz CT molecular complexity index is 604. The second kappa shape index (κ2) is 3.34. The molecule has 1 radical (unpaired) electrons. The first-order valence-electron chi connectivity index (χ1n) is 4.17. The molecule has 3 aromatic heterocycles. The quantitative estimate of drug-likeness (QED) is 0.587. The van der Waals surface area contributed by atoms with Gasteiger partial charge >= 0.3 is 0 Å². The molecule has 0 aliphatic heterocycles. The Morgan fingerprint density at radius 2 is 1.79 bits per heavy atom. The van der Waals surface area contributed by atoms with Crippen LogP contribution < -0.4 is 5.46 Å². The molecule has 0 unspecified atom stereocenters. The van der Waals surface area contributed by atoms with Crippen LogP contribution in [0.3, 0.4) is 0 Å². The third-order valence-corrected chi connectivity index (χ3v) is 7.06. The summed E-state index contributed by atoms with van der Waals surface area (Å²) in [5.74, 6) is 0. The zero-order chi connectivity index (χ0) is 9.71. The van der Waals surface area contributed by atoms with Gasteiger partial charge in [0.2, 0.25) is 0 Å². The molecule has 5 heteroatoms. The molecule has 3 heterocycles. The number of hydrogen-bond acceptors (Lipinski definition) is 3. The molecule has 3 aromatic rings. The molecule has 0 atom stereocenters.